The van der Waals surface area contributed by atoms with Crippen molar-refractivity contribution in [2.75, 3.05) is 13.2 Å². The third-order valence-electron chi connectivity index (χ3n) is 4.70. The summed E-state index contributed by atoms with van der Waals surface area (Å²) in [4.78, 5) is 18.8. The molecule has 3 rings (SSSR count). The minimum Gasteiger partial charge on any atom is -0.494 e. The van der Waals surface area contributed by atoms with Crippen LogP contribution >= 0.6 is 11.3 Å². The molecule has 0 fully saturated rings. The normalized spacial score (nSPS) is 11.5. The van der Waals surface area contributed by atoms with E-state index in [1.54, 1.807) is 12.1 Å². The average Bonchev–Trinajstić information content (AvgIpc) is 3.02. The van der Waals surface area contributed by atoms with Crippen LogP contribution in [0.2, 0.25) is 0 Å². The number of hydrogen-bond acceptors (Lipinski definition) is 4. The van der Waals surface area contributed by atoms with Crippen LogP contribution in [-0.2, 0) is 7.05 Å². The number of benzene rings is 2. The molecule has 0 aliphatic carbocycles. The Morgan fingerprint density at radius 1 is 1.00 bits per heavy atom. The highest BCUT2D eigenvalue weighted by Gasteiger charge is 2.12. The summed E-state index contributed by atoms with van der Waals surface area (Å²) in [6.45, 7) is 7.46. The Morgan fingerprint density at radius 3 is 2.27 bits per heavy atom. The number of rotatable bonds is 8. The van der Waals surface area contributed by atoms with Crippen molar-refractivity contribution in [3.05, 3.63) is 63.8 Å². The van der Waals surface area contributed by atoms with E-state index >= 15 is 0 Å². The minimum atomic E-state index is -0.259. The molecule has 0 spiro atoms. The van der Waals surface area contributed by atoms with Crippen LogP contribution in [-0.4, -0.2) is 23.7 Å². The molecule has 1 amide bonds. The highest BCUT2D eigenvalue weighted by molar-refractivity contribution is 7.09. The smallest absolute Gasteiger partial charge is 0.279 e. The molecular formula is C24H28N2O3S. The number of aromatic nitrogens is 1. The first-order valence-electron chi connectivity index (χ1n) is 10.2. The van der Waals surface area contributed by atoms with E-state index < -0.39 is 0 Å². The summed E-state index contributed by atoms with van der Waals surface area (Å²) in [6, 6.07) is 15.2. The third-order valence-corrected chi connectivity index (χ3v) is 5.75. The first kappa shape index (κ1) is 21.8. The van der Waals surface area contributed by atoms with Gasteiger partial charge < -0.3 is 14.0 Å². The lowest BCUT2D eigenvalue weighted by atomic mass is 10.1. The summed E-state index contributed by atoms with van der Waals surface area (Å²) >= 11 is 1.51. The van der Waals surface area contributed by atoms with Crippen molar-refractivity contribution in [2.45, 2.75) is 33.6 Å². The van der Waals surface area contributed by atoms with Crippen molar-refractivity contribution in [2.24, 2.45) is 12.0 Å². The van der Waals surface area contributed by atoms with Crippen molar-refractivity contribution in [3.63, 3.8) is 0 Å². The number of aryl methyl sites for hydroxylation is 1. The van der Waals surface area contributed by atoms with E-state index in [1.807, 2.05) is 61.9 Å². The minimum absolute atomic E-state index is 0.259. The predicted octanol–water partition coefficient (Wildman–Crippen LogP) is 5.38. The number of ether oxygens (including phenoxy) is 2. The van der Waals surface area contributed by atoms with Gasteiger partial charge in [-0.15, -0.1) is 11.3 Å². The lowest BCUT2D eigenvalue weighted by Crippen LogP contribution is -2.14. The molecule has 0 unspecified atom stereocenters. The zero-order valence-corrected chi connectivity index (χ0v) is 18.8. The molecule has 0 saturated carbocycles. The quantitative estimate of drug-likeness (QED) is 0.456. The van der Waals surface area contributed by atoms with E-state index in [0.717, 1.165) is 40.5 Å². The summed E-state index contributed by atoms with van der Waals surface area (Å²) in [5, 5.41) is 0. The second-order valence-electron chi connectivity index (χ2n) is 6.95. The maximum Gasteiger partial charge on any atom is 0.279 e. The molecule has 0 N–H and O–H groups in total. The summed E-state index contributed by atoms with van der Waals surface area (Å²) in [7, 11) is 1.94. The first-order chi connectivity index (χ1) is 14.5. The number of hydrogen-bond donors (Lipinski definition) is 0. The zero-order valence-electron chi connectivity index (χ0n) is 18.0. The van der Waals surface area contributed by atoms with Gasteiger partial charge in [-0.05, 0) is 74.4 Å². The summed E-state index contributed by atoms with van der Waals surface area (Å²) in [6.07, 6.45) is 2.10. The van der Waals surface area contributed by atoms with Gasteiger partial charge >= 0.3 is 0 Å². The number of carbonyl (C=O) groups excluding carboxylic acids is 1. The third kappa shape index (κ3) is 5.19. The fraction of sp³-hybridized carbons (Fsp3) is 0.333. The zero-order chi connectivity index (χ0) is 21.5. The van der Waals surface area contributed by atoms with Gasteiger partial charge in [0.05, 0.1) is 18.9 Å². The standard InChI is InChI=1S/C24H28N2O3S/c1-5-7-16-29-21-14-10-19(11-15-21)23(27)25-24-26(4)22(17(3)30-24)18-8-12-20(13-9-18)28-6-2/h8-15H,5-7,16H2,1-4H3. The number of thiazole rings is 1. The molecular weight excluding hydrogens is 396 g/mol. The summed E-state index contributed by atoms with van der Waals surface area (Å²) in [5.41, 5.74) is 2.66. The first-order valence-corrected chi connectivity index (χ1v) is 11.1. The average molecular weight is 425 g/mol. The van der Waals surface area contributed by atoms with Gasteiger partial charge in [-0.2, -0.15) is 4.99 Å². The van der Waals surface area contributed by atoms with Gasteiger partial charge in [-0.25, -0.2) is 0 Å². The summed E-state index contributed by atoms with van der Waals surface area (Å²) < 4.78 is 13.1. The molecule has 0 bridgehead atoms. The Hall–Kier alpha value is -2.86. The van der Waals surface area contributed by atoms with Crippen LogP contribution in [0.3, 0.4) is 0 Å². The molecule has 0 radical (unpaired) electrons. The maximum atomic E-state index is 12.7. The molecule has 0 aliphatic heterocycles. The van der Waals surface area contributed by atoms with Gasteiger partial charge in [0.1, 0.15) is 11.5 Å². The molecule has 158 valence electrons. The Kier molecular flexibility index (Phi) is 7.46. The van der Waals surface area contributed by atoms with E-state index in [9.17, 15) is 4.79 Å². The predicted molar refractivity (Wildman–Crippen MR) is 121 cm³/mol. The van der Waals surface area contributed by atoms with Crippen molar-refractivity contribution >= 4 is 17.2 Å². The van der Waals surface area contributed by atoms with Crippen molar-refractivity contribution < 1.29 is 14.3 Å². The van der Waals surface area contributed by atoms with Crippen molar-refractivity contribution in [3.8, 4) is 22.8 Å². The number of nitrogens with zero attached hydrogens (tertiary/aromatic N) is 2. The van der Waals surface area contributed by atoms with Crippen LogP contribution in [0.25, 0.3) is 11.3 Å². The second-order valence-corrected chi connectivity index (χ2v) is 8.13. The Labute approximate surface area is 181 Å². The number of carbonyl (C=O) groups is 1. The van der Waals surface area contributed by atoms with Crippen LogP contribution < -0.4 is 14.3 Å². The molecule has 1 heterocycles. The van der Waals surface area contributed by atoms with Gasteiger partial charge in [-0.1, -0.05) is 13.3 Å². The largest absolute Gasteiger partial charge is 0.494 e. The molecule has 1 aromatic heterocycles. The van der Waals surface area contributed by atoms with E-state index in [4.69, 9.17) is 9.47 Å². The van der Waals surface area contributed by atoms with Gasteiger partial charge in [-0.3, -0.25) is 4.79 Å². The molecule has 5 nitrogen and oxygen atoms in total. The number of amides is 1. The fourth-order valence-corrected chi connectivity index (χ4v) is 4.12. The SMILES string of the molecule is CCCCOc1ccc(C(=O)N=c2sc(C)c(-c3ccc(OCC)cc3)n2C)cc1. The van der Waals surface area contributed by atoms with Crippen molar-refractivity contribution in [1.82, 2.24) is 4.57 Å². The second kappa shape index (κ2) is 10.3. The highest BCUT2D eigenvalue weighted by atomic mass is 32.1. The van der Waals surface area contributed by atoms with E-state index in [0.29, 0.717) is 23.6 Å². The van der Waals surface area contributed by atoms with Gasteiger partial charge in [0.15, 0.2) is 4.80 Å². The maximum absolute atomic E-state index is 12.7. The molecule has 2 aromatic carbocycles. The Balaban J connectivity index is 1.82. The Morgan fingerprint density at radius 2 is 1.63 bits per heavy atom. The molecule has 0 aliphatic rings. The molecule has 30 heavy (non-hydrogen) atoms. The highest BCUT2D eigenvalue weighted by Crippen LogP contribution is 2.26. The van der Waals surface area contributed by atoms with Gasteiger partial charge in [0.25, 0.3) is 5.91 Å². The van der Waals surface area contributed by atoms with E-state index in [1.165, 1.54) is 11.3 Å². The fourth-order valence-electron chi connectivity index (χ4n) is 3.14. The lowest BCUT2D eigenvalue weighted by molar-refractivity contribution is 0.0998. The van der Waals surface area contributed by atoms with Crippen LogP contribution in [0.5, 0.6) is 11.5 Å². The Bertz CT molecular complexity index is 1050. The monoisotopic (exact) mass is 424 g/mol. The molecule has 6 heteroatoms. The number of unbranched alkanes of at least 4 members (excludes halogenated alkanes) is 1. The van der Waals surface area contributed by atoms with E-state index in [-0.39, 0.29) is 5.91 Å². The van der Waals surface area contributed by atoms with Crippen LogP contribution in [0, 0.1) is 6.92 Å². The van der Waals surface area contributed by atoms with Gasteiger partial charge in [0, 0.05) is 17.5 Å². The van der Waals surface area contributed by atoms with Crippen LogP contribution in [0.15, 0.2) is 53.5 Å². The van der Waals surface area contributed by atoms with Crippen molar-refractivity contribution in [1.29, 1.82) is 0 Å². The topological polar surface area (TPSA) is 52.8 Å². The summed E-state index contributed by atoms with van der Waals surface area (Å²) in [5.74, 6) is 1.36. The van der Waals surface area contributed by atoms with Gasteiger partial charge in [0.2, 0.25) is 0 Å². The molecule has 0 atom stereocenters. The van der Waals surface area contributed by atoms with Crippen LogP contribution in [0.4, 0.5) is 0 Å². The van der Waals surface area contributed by atoms with E-state index in [2.05, 4.69) is 11.9 Å². The molecule has 3 aromatic rings. The van der Waals surface area contributed by atoms with Crippen LogP contribution in [0.1, 0.15) is 41.9 Å². The molecule has 0 saturated heterocycles. The lowest BCUT2D eigenvalue weighted by Gasteiger charge is -2.07.